The molecule has 0 spiro atoms. The van der Waals surface area contributed by atoms with Gasteiger partial charge in [0.25, 0.3) is 10.0 Å². The second-order valence-corrected chi connectivity index (χ2v) is 13.9. The van der Waals surface area contributed by atoms with Crippen LogP contribution in [0.4, 0.5) is 23.2 Å². The lowest BCUT2D eigenvalue weighted by atomic mass is 9.94. The molecule has 4 aromatic rings. The Kier molecular flexibility index (Phi) is 11.4. The van der Waals surface area contributed by atoms with E-state index >= 15 is 0 Å². The van der Waals surface area contributed by atoms with E-state index in [0.717, 1.165) is 49.8 Å². The van der Waals surface area contributed by atoms with Gasteiger partial charge in [-0.05, 0) is 66.4 Å². The molecule has 1 N–H and O–H groups in total. The van der Waals surface area contributed by atoms with Crippen LogP contribution in [0.15, 0.2) is 114 Å². The van der Waals surface area contributed by atoms with Crippen LogP contribution in [0.1, 0.15) is 48.8 Å². The zero-order valence-electron chi connectivity index (χ0n) is 26.7. The molecular formula is C37H37F4N3O4S. The molecule has 49 heavy (non-hydrogen) atoms. The molecule has 12 heteroatoms. The Morgan fingerprint density at radius 2 is 1.43 bits per heavy atom. The second-order valence-electron chi connectivity index (χ2n) is 12.1. The quantitative estimate of drug-likeness (QED) is 0.160. The Hall–Kier alpha value is -4.71. The Morgan fingerprint density at radius 1 is 0.796 bits per heavy atom. The fourth-order valence-electron chi connectivity index (χ4n) is 5.97. The topological polar surface area (TPSA) is 86.8 Å². The van der Waals surface area contributed by atoms with E-state index in [1.54, 1.807) is 30.3 Å². The maximum atomic E-state index is 14.5. The molecule has 1 saturated carbocycles. The fourth-order valence-corrected chi connectivity index (χ4v) is 7.40. The van der Waals surface area contributed by atoms with Gasteiger partial charge in [0, 0.05) is 19.0 Å². The van der Waals surface area contributed by atoms with Gasteiger partial charge in [0.2, 0.25) is 11.8 Å². The molecule has 1 aliphatic rings. The molecule has 0 aromatic heterocycles. The number of anilines is 1. The van der Waals surface area contributed by atoms with Crippen molar-refractivity contribution in [3.8, 4) is 0 Å². The third-order valence-corrected chi connectivity index (χ3v) is 10.3. The zero-order valence-corrected chi connectivity index (χ0v) is 27.5. The SMILES string of the molecule is O=C(NC1CCCCC1)[C@H](Cc1ccccc1)N(Cc1ccc(F)cc1)C(=O)CN(c1cccc(C(F)(F)F)c1)S(=O)(=O)c1ccccc1. The highest BCUT2D eigenvalue weighted by atomic mass is 32.2. The van der Waals surface area contributed by atoms with Crippen molar-refractivity contribution in [2.24, 2.45) is 0 Å². The van der Waals surface area contributed by atoms with Crippen LogP contribution >= 0.6 is 0 Å². The fraction of sp³-hybridized carbons (Fsp3) is 0.297. The number of sulfonamides is 1. The highest BCUT2D eigenvalue weighted by Crippen LogP contribution is 2.33. The van der Waals surface area contributed by atoms with E-state index in [2.05, 4.69) is 5.32 Å². The molecule has 0 bridgehead atoms. The van der Waals surface area contributed by atoms with E-state index in [1.807, 2.05) is 6.07 Å². The van der Waals surface area contributed by atoms with Crippen LogP contribution in [0.25, 0.3) is 0 Å². The highest BCUT2D eigenvalue weighted by molar-refractivity contribution is 7.92. The van der Waals surface area contributed by atoms with Gasteiger partial charge < -0.3 is 10.2 Å². The summed E-state index contributed by atoms with van der Waals surface area (Å²) in [5.41, 5.74) is -0.271. The number of amides is 2. The molecule has 0 aliphatic heterocycles. The highest BCUT2D eigenvalue weighted by Gasteiger charge is 2.37. The first-order valence-corrected chi connectivity index (χ1v) is 17.5. The molecule has 0 saturated heterocycles. The molecule has 1 fully saturated rings. The first-order valence-electron chi connectivity index (χ1n) is 16.0. The predicted molar refractivity (Wildman–Crippen MR) is 178 cm³/mol. The van der Waals surface area contributed by atoms with Gasteiger partial charge >= 0.3 is 6.18 Å². The van der Waals surface area contributed by atoms with Crippen molar-refractivity contribution in [2.45, 2.75) is 68.2 Å². The smallest absolute Gasteiger partial charge is 0.352 e. The number of nitrogens with zero attached hydrogens (tertiary/aromatic N) is 2. The van der Waals surface area contributed by atoms with Crippen molar-refractivity contribution in [1.29, 1.82) is 0 Å². The van der Waals surface area contributed by atoms with Gasteiger partial charge in [-0.25, -0.2) is 12.8 Å². The number of halogens is 4. The van der Waals surface area contributed by atoms with Crippen molar-refractivity contribution in [3.63, 3.8) is 0 Å². The van der Waals surface area contributed by atoms with Gasteiger partial charge in [0.15, 0.2) is 0 Å². The number of hydrogen-bond acceptors (Lipinski definition) is 4. The minimum atomic E-state index is -4.78. The standard InChI is InChI=1S/C37H37F4N3O4S/c38-30-21-19-28(20-22-30)25-43(34(23-27-11-4-1-5-12-27)36(46)42-31-14-6-2-7-15-31)35(45)26-44(49(47,48)33-17-8-3-9-18-33)32-16-10-13-29(24-32)37(39,40)41/h1,3-5,8-13,16-22,24,31,34H,2,6-7,14-15,23,25-26H2,(H,42,46)/t34-/m0/s1. The number of benzene rings is 4. The van der Waals surface area contributed by atoms with Gasteiger partial charge in [0.05, 0.1) is 16.1 Å². The summed E-state index contributed by atoms with van der Waals surface area (Å²) in [5.74, 6) is -1.79. The largest absolute Gasteiger partial charge is 0.416 e. The number of carbonyl (C=O) groups is 2. The Bertz CT molecular complexity index is 1820. The van der Waals surface area contributed by atoms with Crippen LogP contribution in [0.5, 0.6) is 0 Å². The minimum absolute atomic E-state index is 0.0708. The minimum Gasteiger partial charge on any atom is -0.352 e. The van der Waals surface area contributed by atoms with Crippen molar-refractivity contribution < 1.29 is 35.6 Å². The van der Waals surface area contributed by atoms with Crippen LogP contribution in [0.3, 0.4) is 0 Å². The van der Waals surface area contributed by atoms with Gasteiger partial charge in [-0.2, -0.15) is 13.2 Å². The molecular weight excluding hydrogens is 658 g/mol. The third kappa shape index (κ3) is 9.26. The molecule has 0 heterocycles. The van der Waals surface area contributed by atoms with E-state index < -0.39 is 52.0 Å². The molecule has 0 radical (unpaired) electrons. The van der Waals surface area contributed by atoms with Gasteiger partial charge in [0.1, 0.15) is 18.4 Å². The number of nitrogens with one attached hydrogen (secondary N) is 1. The van der Waals surface area contributed by atoms with Crippen molar-refractivity contribution in [1.82, 2.24) is 10.2 Å². The van der Waals surface area contributed by atoms with E-state index in [1.165, 1.54) is 59.5 Å². The summed E-state index contributed by atoms with van der Waals surface area (Å²) in [6.45, 7) is -1.11. The second kappa shape index (κ2) is 15.7. The maximum Gasteiger partial charge on any atom is 0.416 e. The van der Waals surface area contributed by atoms with Gasteiger partial charge in [-0.3, -0.25) is 13.9 Å². The third-order valence-electron chi connectivity index (χ3n) is 8.56. The molecule has 1 aliphatic carbocycles. The Labute approximate surface area is 283 Å². The first-order chi connectivity index (χ1) is 23.4. The molecule has 1 atom stereocenters. The van der Waals surface area contributed by atoms with Gasteiger partial charge in [-0.1, -0.05) is 86.0 Å². The van der Waals surface area contributed by atoms with E-state index in [9.17, 15) is 35.6 Å². The summed E-state index contributed by atoms with van der Waals surface area (Å²) in [6.07, 6.45) is -0.235. The van der Waals surface area contributed by atoms with Crippen LogP contribution < -0.4 is 9.62 Å². The number of carbonyl (C=O) groups excluding carboxylic acids is 2. The van der Waals surface area contributed by atoms with E-state index in [4.69, 9.17) is 0 Å². The van der Waals surface area contributed by atoms with Crippen LogP contribution in [-0.4, -0.2) is 43.8 Å². The van der Waals surface area contributed by atoms with Crippen molar-refractivity contribution in [3.05, 3.63) is 132 Å². The summed E-state index contributed by atoms with van der Waals surface area (Å²) >= 11 is 0. The van der Waals surface area contributed by atoms with Gasteiger partial charge in [-0.15, -0.1) is 0 Å². The molecule has 0 unspecified atom stereocenters. The van der Waals surface area contributed by atoms with E-state index in [-0.39, 0.29) is 29.6 Å². The van der Waals surface area contributed by atoms with Crippen LogP contribution in [0.2, 0.25) is 0 Å². The summed E-state index contributed by atoms with van der Waals surface area (Å²) in [6, 6.07) is 23.9. The lowest BCUT2D eigenvalue weighted by molar-refractivity contribution is -0.140. The monoisotopic (exact) mass is 695 g/mol. The first kappa shape index (κ1) is 35.6. The molecule has 5 rings (SSSR count). The van der Waals surface area contributed by atoms with Crippen LogP contribution in [0, 0.1) is 5.82 Å². The predicted octanol–water partition coefficient (Wildman–Crippen LogP) is 7.13. The molecule has 258 valence electrons. The molecule has 4 aromatic carbocycles. The number of rotatable bonds is 12. The number of hydrogen-bond donors (Lipinski definition) is 1. The summed E-state index contributed by atoms with van der Waals surface area (Å²) in [5, 5.41) is 3.08. The Balaban J connectivity index is 1.58. The summed E-state index contributed by atoms with van der Waals surface area (Å²) in [7, 11) is -4.58. The molecule has 2 amide bonds. The average molecular weight is 696 g/mol. The van der Waals surface area contributed by atoms with Crippen molar-refractivity contribution >= 4 is 27.5 Å². The lowest BCUT2D eigenvalue weighted by Gasteiger charge is -2.35. The van der Waals surface area contributed by atoms with Crippen LogP contribution in [-0.2, 0) is 38.8 Å². The maximum absolute atomic E-state index is 14.5. The normalized spacial score (nSPS) is 14.5. The molecule has 7 nitrogen and oxygen atoms in total. The van der Waals surface area contributed by atoms with E-state index in [0.29, 0.717) is 15.9 Å². The van der Waals surface area contributed by atoms with Crippen molar-refractivity contribution in [2.75, 3.05) is 10.8 Å². The lowest BCUT2D eigenvalue weighted by Crippen LogP contribution is -2.55. The zero-order chi connectivity index (χ0) is 35.0. The summed E-state index contributed by atoms with van der Waals surface area (Å²) < 4.78 is 84.0. The number of alkyl halides is 3. The summed E-state index contributed by atoms with van der Waals surface area (Å²) in [4.78, 5) is 29.6. The Morgan fingerprint density at radius 3 is 2.06 bits per heavy atom. The average Bonchev–Trinajstić information content (AvgIpc) is 3.10.